The van der Waals surface area contributed by atoms with Crippen LogP contribution in [-0.2, 0) is 0 Å². The summed E-state index contributed by atoms with van der Waals surface area (Å²) in [4.78, 5) is 2.54. The molecule has 3 heteroatoms. The Morgan fingerprint density at radius 3 is 2.50 bits per heavy atom. The molecular formula is C13H29N3. The monoisotopic (exact) mass is 227 g/mol. The molecule has 16 heavy (non-hydrogen) atoms. The summed E-state index contributed by atoms with van der Waals surface area (Å²) in [5.74, 6) is 0. The third-order valence-corrected chi connectivity index (χ3v) is 3.27. The molecule has 1 saturated heterocycles. The summed E-state index contributed by atoms with van der Waals surface area (Å²) >= 11 is 0. The van der Waals surface area contributed by atoms with Crippen molar-refractivity contribution < 1.29 is 0 Å². The number of rotatable bonds is 9. The minimum atomic E-state index is 1.16. The smallest absolute Gasteiger partial charge is 0.0108 e. The van der Waals surface area contributed by atoms with Crippen molar-refractivity contribution >= 4 is 0 Å². The van der Waals surface area contributed by atoms with Crippen LogP contribution in [0.3, 0.4) is 0 Å². The largest absolute Gasteiger partial charge is 0.315 e. The summed E-state index contributed by atoms with van der Waals surface area (Å²) in [6.45, 7) is 10.6. The maximum Gasteiger partial charge on any atom is 0.0108 e. The van der Waals surface area contributed by atoms with Crippen LogP contribution in [0.25, 0.3) is 0 Å². The van der Waals surface area contributed by atoms with E-state index in [2.05, 4.69) is 22.5 Å². The molecule has 3 nitrogen and oxygen atoms in total. The standard InChI is InChI=1S/C13H29N3/c1-2-3-4-5-6-7-14-8-11-16-12-9-15-10-13-16/h14-15H,2-13H2,1H3. The van der Waals surface area contributed by atoms with Crippen molar-refractivity contribution in [3.63, 3.8) is 0 Å². The Labute approximate surface area is 101 Å². The van der Waals surface area contributed by atoms with E-state index >= 15 is 0 Å². The maximum atomic E-state index is 3.55. The Morgan fingerprint density at radius 1 is 1.00 bits per heavy atom. The van der Waals surface area contributed by atoms with Gasteiger partial charge in [-0.3, -0.25) is 4.90 Å². The summed E-state index contributed by atoms with van der Waals surface area (Å²) in [7, 11) is 0. The van der Waals surface area contributed by atoms with Gasteiger partial charge in [0.2, 0.25) is 0 Å². The van der Waals surface area contributed by atoms with E-state index < -0.39 is 0 Å². The third-order valence-electron chi connectivity index (χ3n) is 3.27. The molecule has 1 rings (SSSR count). The minimum absolute atomic E-state index is 1.16. The Kier molecular flexibility index (Phi) is 8.77. The predicted molar refractivity (Wildman–Crippen MR) is 70.9 cm³/mol. The van der Waals surface area contributed by atoms with Crippen molar-refractivity contribution in [2.75, 3.05) is 45.8 Å². The van der Waals surface area contributed by atoms with Gasteiger partial charge >= 0.3 is 0 Å². The van der Waals surface area contributed by atoms with E-state index in [1.54, 1.807) is 0 Å². The molecule has 96 valence electrons. The molecular weight excluding hydrogens is 198 g/mol. The summed E-state index contributed by atoms with van der Waals surface area (Å²) in [6, 6.07) is 0. The lowest BCUT2D eigenvalue weighted by Crippen LogP contribution is -2.45. The second-order valence-electron chi connectivity index (χ2n) is 4.76. The molecule has 0 spiro atoms. The third kappa shape index (κ3) is 7.20. The summed E-state index contributed by atoms with van der Waals surface area (Å²) in [5, 5.41) is 6.93. The molecule has 2 N–H and O–H groups in total. The van der Waals surface area contributed by atoms with Crippen molar-refractivity contribution in [3.05, 3.63) is 0 Å². The predicted octanol–water partition coefficient (Wildman–Crippen LogP) is 1.45. The van der Waals surface area contributed by atoms with Crippen LogP contribution in [-0.4, -0.2) is 50.7 Å². The summed E-state index contributed by atoms with van der Waals surface area (Å²) < 4.78 is 0. The Morgan fingerprint density at radius 2 is 1.75 bits per heavy atom. The maximum absolute atomic E-state index is 3.55. The van der Waals surface area contributed by atoms with Gasteiger partial charge in [0.15, 0.2) is 0 Å². The average Bonchev–Trinajstić information content (AvgIpc) is 2.34. The van der Waals surface area contributed by atoms with E-state index in [0.717, 1.165) is 19.6 Å². The number of unbranched alkanes of at least 4 members (excludes halogenated alkanes) is 4. The van der Waals surface area contributed by atoms with Crippen molar-refractivity contribution in [1.29, 1.82) is 0 Å². The van der Waals surface area contributed by atoms with Gasteiger partial charge in [-0.05, 0) is 13.0 Å². The van der Waals surface area contributed by atoms with E-state index in [9.17, 15) is 0 Å². The van der Waals surface area contributed by atoms with Crippen LogP contribution < -0.4 is 10.6 Å². The molecule has 0 atom stereocenters. The first kappa shape index (κ1) is 13.9. The topological polar surface area (TPSA) is 27.3 Å². The van der Waals surface area contributed by atoms with Crippen LogP contribution in [0.4, 0.5) is 0 Å². The summed E-state index contributed by atoms with van der Waals surface area (Å²) in [6.07, 6.45) is 6.91. The number of hydrogen-bond donors (Lipinski definition) is 2. The zero-order valence-corrected chi connectivity index (χ0v) is 10.9. The quantitative estimate of drug-likeness (QED) is 0.584. The lowest BCUT2D eigenvalue weighted by molar-refractivity contribution is 0.241. The highest BCUT2D eigenvalue weighted by atomic mass is 15.2. The second-order valence-corrected chi connectivity index (χ2v) is 4.76. The van der Waals surface area contributed by atoms with Gasteiger partial charge in [-0.1, -0.05) is 32.6 Å². The minimum Gasteiger partial charge on any atom is -0.315 e. The number of nitrogens with one attached hydrogen (secondary N) is 2. The molecule has 1 aliphatic heterocycles. The van der Waals surface area contributed by atoms with Crippen molar-refractivity contribution in [3.8, 4) is 0 Å². The van der Waals surface area contributed by atoms with Crippen molar-refractivity contribution in [2.45, 2.75) is 39.0 Å². The lowest BCUT2D eigenvalue weighted by atomic mass is 10.1. The van der Waals surface area contributed by atoms with Gasteiger partial charge < -0.3 is 10.6 Å². The molecule has 0 saturated carbocycles. The van der Waals surface area contributed by atoms with Gasteiger partial charge in [0.05, 0.1) is 0 Å². The first-order valence-corrected chi connectivity index (χ1v) is 7.07. The second kappa shape index (κ2) is 10.1. The highest BCUT2D eigenvalue weighted by Gasteiger charge is 2.07. The molecule has 1 aliphatic rings. The number of hydrogen-bond acceptors (Lipinski definition) is 3. The average molecular weight is 227 g/mol. The van der Waals surface area contributed by atoms with Gasteiger partial charge in [0.1, 0.15) is 0 Å². The van der Waals surface area contributed by atoms with Gasteiger partial charge in [-0.15, -0.1) is 0 Å². The molecule has 0 aromatic carbocycles. The van der Waals surface area contributed by atoms with Crippen LogP contribution in [0.15, 0.2) is 0 Å². The van der Waals surface area contributed by atoms with Gasteiger partial charge in [0.25, 0.3) is 0 Å². The Hall–Kier alpha value is -0.120. The van der Waals surface area contributed by atoms with Crippen LogP contribution >= 0.6 is 0 Å². The van der Waals surface area contributed by atoms with Crippen molar-refractivity contribution in [1.82, 2.24) is 15.5 Å². The highest BCUT2D eigenvalue weighted by Crippen LogP contribution is 2.00. The Bertz CT molecular complexity index is 144. The fraction of sp³-hybridized carbons (Fsp3) is 1.00. The molecule has 0 bridgehead atoms. The van der Waals surface area contributed by atoms with Crippen LogP contribution in [0, 0.1) is 0 Å². The van der Waals surface area contributed by atoms with E-state index in [1.807, 2.05) is 0 Å². The van der Waals surface area contributed by atoms with Crippen LogP contribution in [0.2, 0.25) is 0 Å². The Balaban J connectivity index is 1.77. The SMILES string of the molecule is CCCCCCCNCCN1CCNCC1. The molecule has 1 heterocycles. The van der Waals surface area contributed by atoms with Gasteiger partial charge in [-0.25, -0.2) is 0 Å². The molecule has 0 aliphatic carbocycles. The number of nitrogens with zero attached hydrogens (tertiary/aromatic N) is 1. The molecule has 0 amide bonds. The molecule has 0 aromatic rings. The van der Waals surface area contributed by atoms with E-state index in [4.69, 9.17) is 0 Å². The molecule has 0 aromatic heterocycles. The normalized spacial score (nSPS) is 17.8. The zero-order valence-electron chi connectivity index (χ0n) is 10.9. The van der Waals surface area contributed by atoms with Gasteiger partial charge in [-0.2, -0.15) is 0 Å². The van der Waals surface area contributed by atoms with E-state index in [-0.39, 0.29) is 0 Å². The summed E-state index contributed by atoms with van der Waals surface area (Å²) in [5.41, 5.74) is 0. The fourth-order valence-electron chi connectivity index (χ4n) is 2.15. The number of piperazine rings is 1. The highest BCUT2D eigenvalue weighted by molar-refractivity contribution is 4.68. The molecule has 0 unspecified atom stereocenters. The fourth-order valence-corrected chi connectivity index (χ4v) is 2.15. The van der Waals surface area contributed by atoms with Gasteiger partial charge in [0, 0.05) is 39.3 Å². The van der Waals surface area contributed by atoms with Crippen LogP contribution in [0.5, 0.6) is 0 Å². The van der Waals surface area contributed by atoms with E-state index in [0.29, 0.717) is 0 Å². The lowest BCUT2D eigenvalue weighted by Gasteiger charge is -2.27. The zero-order chi connectivity index (χ0) is 11.5. The van der Waals surface area contributed by atoms with Crippen molar-refractivity contribution in [2.24, 2.45) is 0 Å². The van der Waals surface area contributed by atoms with Crippen LogP contribution in [0.1, 0.15) is 39.0 Å². The first-order chi connectivity index (χ1) is 7.93. The molecule has 1 fully saturated rings. The molecule has 0 radical (unpaired) electrons. The first-order valence-electron chi connectivity index (χ1n) is 7.07. The van der Waals surface area contributed by atoms with E-state index in [1.165, 1.54) is 58.3 Å².